The van der Waals surface area contributed by atoms with Gasteiger partial charge in [-0.2, -0.15) is 0 Å². The molecular formula is C30H47NO5. The molecule has 1 aliphatic heterocycles. The Bertz CT molecular complexity index is 828. The van der Waals surface area contributed by atoms with Crippen LogP contribution in [0.15, 0.2) is 0 Å². The van der Waals surface area contributed by atoms with Crippen molar-refractivity contribution in [2.45, 2.75) is 122 Å². The maximum Gasteiger partial charge on any atom is 0.309 e. The number of aliphatic hydroxyl groups is 1. The predicted octanol–water partition coefficient (Wildman–Crippen LogP) is 4.81. The van der Waals surface area contributed by atoms with Crippen molar-refractivity contribution >= 4 is 17.7 Å². The van der Waals surface area contributed by atoms with Crippen molar-refractivity contribution < 1.29 is 24.2 Å². The Morgan fingerprint density at radius 1 is 0.889 bits per heavy atom. The van der Waals surface area contributed by atoms with E-state index in [0.717, 1.165) is 70.1 Å². The van der Waals surface area contributed by atoms with Gasteiger partial charge >= 0.3 is 5.97 Å². The van der Waals surface area contributed by atoms with Gasteiger partial charge in [-0.15, -0.1) is 0 Å². The zero-order chi connectivity index (χ0) is 25.4. The summed E-state index contributed by atoms with van der Waals surface area (Å²) in [5.74, 6) is 0.0888. The molecule has 2 N–H and O–H groups in total. The molecule has 0 spiro atoms. The lowest BCUT2D eigenvalue weighted by molar-refractivity contribution is -0.157. The van der Waals surface area contributed by atoms with Crippen LogP contribution in [-0.2, 0) is 19.1 Å². The summed E-state index contributed by atoms with van der Waals surface area (Å²) in [6, 6.07) is 0.0119. The lowest BCUT2D eigenvalue weighted by Crippen LogP contribution is -2.54. The maximum absolute atomic E-state index is 14.2. The van der Waals surface area contributed by atoms with Crippen molar-refractivity contribution in [1.29, 1.82) is 0 Å². The van der Waals surface area contributed by atoms with Crippen molar-refractivity contribution in [3.05, 3.63) is 0 Å². The summed E-state index contributed by atoms with van der Waals surface area (Å²) in [6.45, 7) is 4.36. The van der Waals surface area contributed by atoms with E-state index in [4.69, 9.17) is 4.74 Å². The minimum atomic E-state index is -1.47. The van der Waals surface area contributed by atoms with E-state index < -0.39 is 24.0 Å². The van der Waals surface area contributed by atoms with Gasteiger partial charge < -0.3 is 15.2 Å². The molecule has 4 aliphatic carbocycles. The SMILES string of the molecule is CC1CCC(C)C(NC(=O)C(O)C(C(=O)C2CCC3CCCCC3C2)[C@H]2OC(=O)C3CCCCC32)C1. The molecule has 0 bridgehead atoms. The number of rotatable bonds is 6. The number of carbonyl (C=O) groups excluding carboxylic acids is 3. The number of fused-ring (bicyclic) bond motifs is 2. The third-order valence-electron chi connectivity index (χ3n) is 10.8. The Morgan fingerprint density at radius 3 is 2.42 bits per heavy atom. The van der Waals surface area contributed by atoms with Gasteiger partial charge in [-0.1, -0.05) is 58.8 Å². The topological polar surface area (TPSA) is 92.7 Å². The van der Waals surface area contributed by atoms with Crippen LogP contribution < -0.4 is 5.32 Å². The number of hydrogen-bond donors (Lipinski definition) is 2. The Labute approximate surface area is 216 Å². The second kappa shape index (κ2) is 11.1. The average Bonchev–Trinajstić information content (AvgIpc) is 3.22. The number of cyclic esters (lactones) is 1. The number of nitrogens with one attached hydrogen (secondary N) is 1. The van der Waals surface area contributed by atoms with Gasteiger partial charge in [0.1, 0.15) is 18.0 Å². The highest BCUT2D eigenvalue weighted by Gasteiger charge is 2.54. The van der Waals surface area contributed by atoms with Crippen LogP contribution in [0.4, 0.5) is 0 Å². The van der Waals surface area contributed by atoms with Gasteiger partial charge in [0.15, 0.2) is 0 Å². The lowest BCUT2D eigenvalue weighted by Gasteiger charge is -2.41. The normalized spacial score (nSPS) is 42.4. The maximum atomic E-state index is 14.2. The molecule has 36 heavy (non-hydrogen) atoms. The van der Waals surface area contributed by atoms with Crippen molar-refractivity contribution in [1.82, 2.24) is 5.32 Å². The van der Waals surface area contributed by atoms with E-state index in [2.05, 4.69) is 19.2 Å². The summed E-state index contributed by atoms with van der Waals surface area (Å²) in [4.78, 5) is 40.4. The standard InChI is InChI=1S/C30H47NO5/c1-17-11-12-18(2)24(15-17)31-29(34)27(33)25(28-22-9-5-6-10-23(22)30(35)36-28)26(32)21-14-13-19-7-3-4-8-20(19)16-21/h17-25,27-28,33H,3-16H2,1-2H3,(H,31,34)/t17?,18?,19?,20?,21?,22?,23?,24?,25?,27?,28-/m0/s1. The molecule has 11 atom stereocenters. The van der Waals surface area contributed by atoms with E-state index in [1.165, 1.54) is 25.7 Å². The first kappa shape index (κ1) is 26.2. The Hall–Kier alpha value is -1.43. The molecule has 5 rings (SSSR count). The van der Waals surface area contributed by atoms with Gasteiger partial charge in [0.2, 0.25) is 5.91 Å². The summed E-state index contributed by atoms with van der Waals surface area (Å²) in [6.07, 6.45) is 12.3. The fourth-order valence-corrected chi connectivity index (χ4v) is 8.56. The van der Waals surface area contributed by atoms with Gasteiger partial charge in [0.05, 0.1) is 11.8 Å². The molecule has 0 aromatic carbocycles. The highest BCUT2D eigenvalue weighted by atomic mass is 16.6. The Kier molecular flexibility index (Phi) is 8.09. The average molecular weight is 502 g/mol. The van der Waals surface area contributed by atoms with Crippen LogP contribution in [0.1, 0.15) is 104 Å². The van der Waals surface area contributed by atoms with Crippen LogP contribution in [0.25, 0.3) is 0 Å². The van der Waals surface area contributed by atoms with E-state index >= 15 is 0 Å². The summed E-state index contributed by atoms with van der Waals surface area (Å²) < 4.78 is 5.89. The van der Waals surface area contributed by atoms with Crippen LogP contribution in [0.5, 0.6) is 0 Å². The van der Waals surface area contributed by atoms with Crippen LogP contribution in [0.2, 0.25) is 0 Å². The summed E-state index contributed by atoms with van der Waals surface area (Å²) in [7, 11) is 0. The highest BCUT2D eigenvalue weighted by Crippen LogP contribution is 2.47. The molecular weight excluding hydrogens is 454 g/mol. The molecule has 0 radical (unpaired) electrons. The molecule has 5 aliphatic rings. The molecule has 5 fully saturated rings. The quantitative estimate of drug-likeness (QED) is 0.510. The van der Waals surface area contributed by atoms with Crippen molar-refractivity contribution in [2.75, 3.05) is 0 Å². The molecule has 4 saturated carbocycles. The predicted molar refractivity (Wildman–Crippen MR) is 137 cm³/mol. The molecule has 0 aromatic rings. The third kappa shape index (κ3) is 5.26. The van der Waals surface area contributed by atoms with Gasteiger partial charge in [-0.25, -0.2) is 0 Å². The van der Waals surface area contributed by atoms with Crippen molar-refractivity contribution in [2.24, 2.45) is 47.3 Å². The third-order valence-corrected chi connectivity index (χ3v) is 10.8. The molecule has 6 heteroatoms. The summed E-state index contributed by atoms with van der Waals surface area (Å²) in [5.41, 5.74) is 0. The van der Waals surface area contributed by atoms with Crippen molar-refractivity contribution in [3.8, 4) is 0 Å². The fraction of sp³-hybridized carbons (Fsp3) is 0.900. The molecule has 10 unspecified atom stereocenters. The van der Waals surface area contributed by atoms with Crippen LogP contribution in [-0.4, -0.2) is 41.0 Å². The number of esters is 1. The number of ether oxygens (including phenoxy) is 1. The first-order chi connectivity index (χ1) is 17.3. The first-order valence-corrected chi connectivity index (χ1v) is 15.1. The summed E-state index contributed by atoms with van der Waals surface area (Å²) >= 11 is 0. The number of aliphatic hydroxyl groups excluding tert-OH is 1. The molecule has 202 valence electrons. The number of carbonyl (C=O) groups is 3. The monoisotopic (exact) mass is 501 g/mol. The molecule has 1 heterocycles. The largest absolute Gasteiger partial charge is 0.461 e. The number of hydrogen-bond acceptors (Lipinski definition) is 5. The van der Waals surface area contributed by atoms with Gasteiger partial charge in [-0.05, 0) is 68.6 Å². The second-order valence-corrected chi connectivity index (χ2v) is 13.2. The molecule has 1 saturated heterocycles. The molecule has 0 aromatic heterocycles. The zero-order valence-electron chi connectivity index (χ0n) is 22.3. The first-order valence-electron chi connectivity index (χ1n) is 15.1. The Morgan fingerprint density at radius 2 is 1.61 bits per heavy atom. The van der Waals surface area contributed by atoms with E-state index in [0.29, 0.717) is 17.8 Å². The summed E-state index contributed by atoms with van der Waals surface area (Å²) in [5, 5.41) is 14.6. The van der Waals surface area contributed by atoms with E-state index in [-0.39, 0.29) is 35.5 Å². The van der Waals surface area contributed by atoms with E-state index in [1.54, 1.807) is 0 Å². The van der Waals surface area contributed by atoms with Gasteiger partial charge in [-0.3, -0.25) is 14.4 Å². The minimum Gasteiger partial charge on any atom is -0.461 e. The van der Waals surface area contributed by atoms with E-state index in [1.807, 2.05) is 0 Å². The number of amides is 1. The molecule has 6 nitrogen and oxygen atoms in total. The fourth-order valence-electron chi connectivity index (χ4n) is 8.56. The minimum absolute atomic E-state index is 0.0119. The smallest absolute Gasteiger partial charge is 0.309 e. The van der Waals surface area contributed by atoms with Gasteiger partial charge in [0.25, 0.3) is 0 Å². The number of Topliss-reactive ketones (excluding diaryl/α,β-unsaturated/α-hetero) is 1. The van der Waals surface area contributed by atoms with Crippen molar-refractivity contribution in [3.63, 3.8) is 0 Å². The lowest BCUT2D eigenvalue weighted by atomic mass is 9.64. The van der Waals surface area contributed by atoms with Crippen LogP contribution in [0.3, 0.4) is 0 Å². The van der Waals surface area contributed by atoms with E-state index in [9.17, 15) is 19.5 Å². The molecule has 1 amide bonds. The highest BCUT2D eigenvalue weighted by molar-refractivity contribution is 5.93. The zero-order valence-corrected chi connectivity index (χ0v) is 22.3. The van der Waals surface area contributed by atoms with Crippen LogP contribution >= 0.6 is 0 Å². The van der Waals surface area contributed by atoms with Crippen LogP contribution in [0, 0.1) is 47.3 Å². The second-order valence-electron chi connectivity index (χ2n) is 13.2. The Balaban J connectivity index is 1.36. The number of ketones is 1. The van der Waals surface area contributed by atoms with Gasteiger partial charge in [0, 0.05) is 17.9 Å².